The second-order valence-corrected chi connectivity index (χ2v) is 9.34. The SMILES string of the molecule is COC1=CC2C3C(CC1=O)c1c(ccc(O)c1O)[C@@H](Sc1ccc(F)cc1)[C@@H]3N2C. The molecular weight excluding hydrogens is 405 g/mol. The Labute approximate surface area is 178 Å². The molecule has 2 aliphatic carbocycles. The van der Waals surface area contributed by atoms with Crippen LogP contribution < -0.4 is 0 Å². The molecule has 1 aliphatic heterocycles. The standard InChI is InChI=1S/C23H22FNO4S/c1-25-15-10-18(29-2)17(27)9-14-19-13(7-8-16(26)22(19)28)23(21(25)20(14)15)30-12-5-3-11(24)4-6-12/h3-8,10,14-15,20-21,23,26,28H,9H2,1-2H3/t14?,15?,20?,21-,23-/m1/s1. The van der Waals surface area contributed by atoms with E-state index in [1.54, 1.807) is 23.9 Å². The number of benzene rings is 2. The third-order valence-corrected chi connectivity index (χ3v) is 8.04. The maximum atomic E-state index is 13.4. The Morgan fingerprint density at radius 3 is 2.60 bits per heavy atom. The van der Waals surface area contributed by atoms with Gasteiger partial charge in [-0.05, 0) is 49.0 Å². The summed E-state index contributed by atoms with van der Waals surface area (Å²) in [5, 5.41) is 21.0. The molecule has 3 unspecified atom stereocenters. The zero-order valence-corrected chi connectivity index (χ0v) is 17.4. The second-order valence-electron chi connectivity index (χ2n) is 8.12. The fourth-order valence-electron chi connectivity index (χ4n) is 5.35. The summed E-state index contributed by atoms with van der Waals surface area (Å²) in [6.07, 6.45) is 2.11. The van der Waals surface area contributed by atoms with Crippen molar-refractivity contribution in [3.05, 3.63) is 65.2 Å². The smallest absolute Gasteiger partial charge is 0.197 e. The molecule has 5 nitrogen and oxygen atoms in total. The van der Waals surface area contributed by atoms with Gasteiger partial charge in [0.2, 0.25) is 0 Å². The summed E-state index contributed by atoms with van der Waals surface area (Å²) in [4.78, 5) is 15.9. The second kappa shape index (κ2) is 7.03. The van der Waals surface area contributed by atoms with Crippen LogP contribution in [0.5, 0.6) is 11.5 Å². The molecule has 156 valence electrons. The topological polar surface area (TPSA) is 70.0 Å². The van der Waals surface area contributed by atoms with E-state index in [0.29, 0.717) is 11.3 Å². The summed E-state index contributed by atoms with van der Waals surface area (Å²) in [7, 11) is 3.53. The normalized spacial score (nSPS) is 29.9. The molecule has 0 saturated carbocycles. The van der Waals surface area contributed by atoms with E-state index < -0.39 is 0 Å². The highest BCUT2D eigenvalue weighted by molar-refractivity contribution is 7.99. The van der Waals surface area contributed by atoms with Crippen molar-refractivity contribution in [3.8, 4) is 11.5 Å². The fraction of sp³-hybridized carbons (Fsp3) is 0.348. The molecule has 2 N–H and O–H groups in total. The number of aromatic hydroxyl groups is 2. The minimum Gasteiger partial charge on any atom is -0.504 e. The molecule has 5 atom stereocenters. The Morgan fingerprint density at radius 1 is 1.17 bits per heavy atom. The number of allylic oxidation sites excluding steroid dienone is 1. The number of ketones is 1. The Kier molecular flexibility index (Phi) is 4.56. The van der Waals surface area contributed by atoms with Crippen molar-refractivity contribution in [1.29, 1.82) is 0 Å². The van der Waals surface area contributed by atoms with Gasteiger partial charge in [-0.1, -0.05) is 6.07 Å². The van der Waals surface area contributed by atoms with Gasteiger partial charge in [-0.25, -0.2) is 4.39 Å². The van der Waals surface area contributed by atoms with Crippen LogP contribution in [0.3, 0.4) is 0 Å². The maximum absolute atomic E-state index is 13.4. The highest BCUT2D eigenvalue weighted by atomic mass is 32.2. The number of Topliss-reactive ketones (excluding diaryl/α,β-unsaturated/α-hetero) is 1. The maximum Gasteiger partial charge on any atom is 0.197 e. The highest BCUT2D eigenvalue weighted by Crippen LogP contribution is 2.62. The number of methoxy groups -OCH3 is 1. The van der Waals surface area contributed by atoms with Crippen molar-refractivity contribution in [1.82, 2.24) is 4.90 Å². The molecular formula is C23H22FNO4S. The first-order valence-corrected chi connectivity index (χ1v) is 10.8. The molecule has 2 aromatic carbocycles. The number of fused-ring (bicyclic) bond motifs is 2. The van der Waals surface area contributed by atoms with Crippen molar-refractivity contribution >= 4 is 17.5 Å². The van der Waals surface area contributed by atoms with Crippen LogP contribution >= 0.6 is 11.8 Å². The average molecular weight is 427 g/mol. The van der Waals surface area contributed by atoms with Crippen LogP contribution in [0.25, 0.3) is 0 Å². The Hall–Kier alpha value is -2.51. The third-order valence-electron chi connectivity index (χ3n) is 6.71. The number of halogens is 1. The van der Waals surface area contributed by atoms with Crippen LogP contribution in [0.4, 0.5) is 4.39 Å². The van der Waals surface area contributed by atoms with E-state index in [4.69, 9.17) is 4.74 Å². The lowest BCUT2D eigenvalue weighted by Gasteiger charge is -2.60. The number of likely N-dealkylation sites (N-methyl/N-ethyl adjacent to an activating group) is 1. The van der Waals surface area contributed by atoms with E-state index >= 15 is 0 Å². The zero-order valence-electron chi connectivity index (χ0n) is 16.6. The molecule has 2 aromatic rings. The van der Waals surface area contributed by atoms with Crippen molar-refractivity contribution < 1.29 is 24.1 Å². The number of thioether (sulfide) groups is 1. The summed E-state index contributed by atoms with van der Waals surface area (Å²) in [6, 6.07) is 9.86. The first-order valence-electron chi connectivity index (χ1n) is 9.88. The molecule has 0 amide bonds. The summed E-state index contributed by atoms with van der Waals surface area (Å²) >= 11 is 1.61. The van der Waals surface area contributed by atoms with Gasteiger partial charge >= 0.3 is 0 Å². The Bertz CT molecular complexity index is 1050. The van der Waals surface area contributed by atoms with Crippen molar-refractivity contribution in [2.45, 2.75) is 34.6 Å². The minimum atomic E-state index is -0.286. The van der Waals surface area contributed by atoms with Gasteiger partial charge in [0.15, 0.2) is 23.0 Å². The zero-order chi connectivity index (χ0) is 21.2. The number of rotatable bonds is 3. The molecule has 0 bridgehead atoms. The first kappa shape index (κ1) is 19.5. The molecule has 1 heterocycles. The lowest BCUT2D eigenvalue weighted by Crippen LogP contribution is -2.66. The van der Waals surface area contributed by atoms with Gasteiger partial charge in [-0.15, -0.1) is 11.8 Å². The largest absolute Gasteiger partial charge is 0.504 e. The van der Waals surface area contributed by atoms with E-state index in [-0.39, 0.29) is 58.7 Å². The van der Waals surface area contributed by atoms with Gasteiger partial charge in [0.1, 0.15) is 5.82 Å². The Balaban J connectivity index is 1.64. The average Bonchev–Trinajstić information content (AvgIpc) is 2.86. The van der Waals surface area contributed by atoms with Crippen LogP contribution in [-0.4, -0.2) is 47.1 Å². The van der Waals surface area contributed by atoms with Crippen molar-refractivity contribution in [2.75, 3.05) is 14.2 Å². The van der Waals surface area contributed by atoms with Crippen molar-refractivity contribution in [3.63, 3.8) is 0 Å². The fourth-order valence-corrected chi connectivity index (χ4v) is 6.78. The van der Waals surface area contributed by atoms with E-state index in [0.717, 1.165) is 10.5 Å². The van der Waals surface area contributed by atoms with Crippen LogP contribution in [0.15, 0.2) is 53.1 Å². The van der Waals surface area contributed by atoms with E-state index in [9.17, 15) is 19.4 Å². The molecule has 5 rings (SSSR count). The lowest BCUT2D eigenvalue weighted by atomic mass is 9.62. The summed E-state index contributed by atoms with van der Waals surface area (Å²) in [6.45, 7) is 0. The number of likely N-dealkylation sites (tertiary alicyclic amines) is 1. The van der Waals surface area contributed by atoms with Crippen LogP contribution in [0.2, 0.25) is 0 Å². The number of nitrogens with zero attached hydrogens (tertiary/aromatic N) is 1. The number of carbonyl (C=O) groups is 1. The monoisotopic (exact) mass is 427 g/mol. The first-order chi connectivity index (χ1) is 14.4. The summed E-state index contributed by atoms with van der Waals surface area (Å²) < 4.78 is 18.7. The lowest BCUT2D eigenvalue weighted by molar-refractivity contribution is -0.119. The number of ether oxygens (including phenoxy) is 1. The van der Waals surface area contributed by atoms with Crippen molar-refractivity contribution in [2.24, 2.45) is 5.92 Å². The number of hydrogen-bond donors (Lipinski definition) is 2. The summed E-state index contributed by atoms with van der Waals surface area (Å²) in [5.74, 6) is -0.469. The number of phenols is 2. The molecule has 1 fully saturated rings. The van der Waals surface area contributed by atoms with Gasteiger partial charge < -0.3 is 14.9 Å². The summed E-state index contributed by atoms with van der Waals surface area (Å²) in [5.41, 5.74) is 1.55. The predicted molar refractivity (Wildman–Crippen MR) is 111 cm³/mol. The molecule has 3 aliphatic rings. The van der Waals surface area contributed by atoms with Gasteiger partial charge in [-0.2, -0.15) is 0 Å². The van der Waals surface area contributed by atoms with Gasteiger partial charge in [0, 0.05) is 40.8 Å². The third kappa shape index (κ3) is 2.76. The Morgan fingerprint density at radius 2 is 1.90 bits per heavy atom. The van der Waals surface area contributed by atoms with Gasteiger partial charge in [-0.3, -0.25) is 9.69 Å². The molecule has 30 heavy (non-hydrogen) atoms. The van der Waals surface area contributed by atoms with Crippen LogP contribution in [0.1, 0.15) is 28.7 Å². The predicted octanol–water partition coefficient (Wildman–Crippen LogP) is 3.97. The molecule has 7 heteroatoms. The van der Waals surface area contributed by atoms with Crippen LogP contribution in [0, 0.1) is 11.7 Å². The van der Waals surface area contributed by atoms with E-state index in [2.05, 4.69) is 4.90 Å². The number of carbonyl (C=O) groups excluding carboxylic acids is 1. The number of hydrogen-bond acceptors (Lipinski definition) is 6. The van der Waals surface area contributed by atoms with E-state index in [1.807, 2.05) is 19.2 Å². The molecule has 0 spiro atoms. The van der Waals surface area contributed by atoms with Gasteiger partial charge in [0.05, 0.1) is 12.4 Å². The minimum absolute atomic E-state index is 0.00705. The van der Waals surface area contributed by atoms with Gasteiger partial charge in [0.25, 0.3) is 0 Å². The van der Waals surface area contributed by atoms with Crippen LogP contribution in [-0.2, 0) is 9.53 Å². The number of phenolic OH excluding ortho intramolecular Hbond substituents is 2. The molecule has 0 radical (unpaired) electrons. The molecule has 1 saturated heterocycles. The van der Waals surface area contributed by atoms with E-state index in [1.165, 1.54) is 25.3 Å². The quantitative estimate of drug-likeness (QED) is 0.723. The highest BCUT2D eigenvalue weighted by Gasteiger charge is 2.59. The molecule has 0 aromatic heterocycles.